The molecule has 0 radical (unpaired) electrons. The third kappa shape index (κ3) is 4.81. The average molecular weight is 532 g/mol. The lowest BCUT2D eigenvalue weighted by atomic mass is 9.88. The molecule has 5 rings (SSSR count). The Hall–Kier alpha value is -3.98. The summed E-state index contributed by atoms with van der Waals surface area (Å²) in [7, 11) is 1.60. The normalized spacial score (nSPS) is 17.5. The van der Waals surface area contributed by atoms with Crippen LogP contribution in [0.4, 0.5) is 11.7 Å². The summed E-state index contributed by atoms with van der Waals surface area (Å²) in [6, 6.07) is 22.1. The number of hydrogen-bond acceptors (Lipinski definition) is 7. The van der Waals surface area contributed by atoms with Crippen molar-refractivity contribution >= 4 is 56.3 Å². The number of methoxy groups -OCH3 is 1. The number of guanidine groups is 1. The number of aromatic nitrogens is 1. The Morgan fingerprint density at radius 1 is 1.03 bits per heavy atom. The maximum atomic E-state index is 13.5. The summed E-state index contributed by atoms with van der Waals surface area (Å²) in [5.74, 6) is 0.208. The van der Waals surface area contributed by atoms with Crippen molar-refractivity contribution in [2.75, 3.05) is 17.7 Å². The standard InChI is InChI=1S/C26H22BrN5O3/c1-15-22(24(33)29-16-11-13-17(34-2)14-12-16)23(18-7-3-4-8-19(18)27)31-25(28-15)32-26-30-20-9-5-6-10-21(20)35-26/h3-14,22-23H,1-2H3,(H,29,33)(H,30,31,32). The molecular formula is C26H22BrN5O3. The van der Waals surface area contributed by atoms with E-state index < -0.39 is 12.0 Å². The summed E-state index contributed by atoms with van der Waals surface area (Å²) in [5, 5.41) is 6.05. The van der Waals surface area contributed by atoms with Gasteiger partial charge in [0.1, 0.15) is 17.2 Å². The van der Waals surface area contributed by atoms with Gasteiger partial charge < -0.3 is 14.5 Å². The minimum atomic E-state index is -0.620. The van der Waals surface area contributed by atoms with Gasteiger partial charge in [-0.3, -0.25) is 10.1 Å². The average Bonchev–Trinajstić information content (AvgIpc) is 3.26. The lowest BCUT2D eigenvalue weighted by Crippen LogP contribution is -2.37. The molecule has 176 valence electrons. The Morgan fingerprint density at radius 3 is 2.51 bits per heavy atom. The number of benzene rings is 3. The van der Waals surface area contributed by atoms with Crippen LogP contribution < -0.4 is 15.4 Å². The molecule has 1 amide bonds. The molecule has 2 N–H and O–H groups in total. The van der Waals surface area contributed by atoms with E-state index >= 15 is 0 Å². The molecule has 2 heterocycles. The van der Waals surface area contributed by atoms with Crippen LogP contribution in [0.25, 0.3) is 11.1 Å². The fourth-order valence-electron chi connectivity index (χ4n) is 3.97. The molecule has 1 aromatic heterocycles. The lowest BCUT2D eigenvalue weighted by Gasteiger charge is -2.28. The Bertz CT molecular complexity index is 1410. The first-order chi connectivity index (χ1) is 17.0. The summed E-state index contributed by atoms with van der Waals surface area (Å²) in [6.07, 6.45) is 0. The van der Waals surface area contributed by atoms with Gasteiger partial charge in [-0.15, -0.1) is 0 Å². The smallest absolute Gasteiger partial charge is 0.302 e. The lowest BCUT2D eigenvalue weighted by molar-refractivity contribution is -0.118. The molecule has 0 bridgehead atoms. The molecule has 3 aromatic carbocycles. The van der Waals surface area contributed by atoms with Gasteiger partial charge in [0.15, 0.2) is 5.58 Å². The van der Waals surface area contributed by atoms with Crippen molar-refractivity contribution in [3.05, 3.63) is 82.8 Å². The van der Waals surface area contributed by atoms with Crippen LogP contribution in [0.5, 0.6) is 5.75 Å². The number of ether oxygens (including phenoxy) is 1. The Balaban J connectivity index is 1.47. The first-order valence-corrected chi connectivity index (χ1v) is 11.8. The van der Waals surface area contributed by atoms with Gasteiger partial charge in [-0.25, -0.2) is 9.98 Å². The number of carbonyl (C=O) groups is 1. The summed E-state index contributed by atoms with van der Waals surface area (Å²) >= 11 is 3.62. The van der Waals surface area contributed by atoms with Crippen molar-refractivity contribution in [3.63, 3.8) is 0 Å². The molecule has 9 heteroatoms. The third-order valence-electron chi connectivity index (χ3n) is 5.69. The number of oxazole rings is 1. The zero-order valence-electron chi connectivity index (χ0n) is 19.0. The summed E-state index contributed by atoms with van der Waals surface area (Å²) in [6.45, 7) is 1.82. The molecule has 2 atom stereocenters. The minimum absolute atomic E-state index is 0.207. The summed E-state index contributed by atoms with van der Waals surface area (Å²) in [4.78, 5) is 27.3. The van der Waals surface area contributed by atoms with E-state index in [2.05, 4.69) is 36.5 Å². The van der Waals surface area contributed by atoms with Crippen LogP contribution >= 0.6 is 15.9 Å². The molecule has 0 spiro atoms. The molecule has 35 heavy (non-hydrogen) atoms. The Labute approximate surface area is 210 Å². The fourth-order valence-corrected chi connectivity index (χ4v) is 4.49. The van der Waals surface area contributed by atoms with Crippen molar-refractivity contribution in [2.45, 2.75) is 13.0 Å². The van der Waals surface area contributed by atoms with Gasteiger partial charge in [0.05, 0.1) is 13.2 Å². The van der Waals surface area contributed by atoms with Crippen LogP contribution in [0, 0.1) is 5.92 Å². The number of amides is 1. The molecule has 1 aliphatic heterocycles. The Morgan fingerprint density at radius 2 is 1.77 bits per heavy atom. The highest BCUT2D eigenvalue weighted by Crippen LogP contribution is 2.36. The molecule has 0 fully saturated rings. The number of anilines is 2. The van der Waals surface area contributed by atoms with E-state index in [-0.39, 0.29) is 11.9 Å². The number of aliphatic imine (C=N–C) groups is 2. The van der Waals surface area contributed by atoms with Gasteiger partial charge in [-0.05, 0) is 55.0 Å². The molecule has 4 aromatic rings. The van der Waals surface area contributed by atoms with E-state index in [1.807, 2.05) is 55.5 Å². The van der Waals surface area contributed by atoms with Crippen LogP contribution in [0.2, 0.25) is 0 Å². The third-order valence-corrected chi connectivity index (χ3v) is 6.41. The first-order valence-electron chi connectivity index (χ1n) is 11.0. The predicted octanol–water partition coefficient (Wildman–Crippen LogP) is 5.84. The van der Waals surface area contributed by atoms with Crippen molar-refractivity contribution in [2.24, 2.45) is 15.9 Å². The summed E-state index contributed by atoms with van der Waals surface area (Å²) in [5.41, 5.74) is 3.53. The number of hydrogen-bond donors (Lipinski definition) is 2. The quantitative estimate of drug-likeness (QED) is 0.337. The highest BCUT2D eigenvalue weighted by Gasteiger charge is 2.36. The van der Waals surface area contributed by atoms with E-state index in [0.29, 0.717) is 28.7 Å². The SMILES string of the molecule is COc1ccc(NC(=O)C2C(C)=NC(Nc3nc4ccccc4o3)=NC2c2ccccc2Br)cc1. The van der Waals surface area contributed by atoms with Crippen molar-refractivity contribution < 1.29 is 13.9 Å². The van der Waals surface area contributed by atoms with Gasteiger partial charge in [0.2, 0.25) is 11.9 Å². The van der Waals surface area contributed by atoms with Gasteiger partial charge in [-0.2, -0.15) is 4.98 Å². The summed E-state index contributed by atoms with van der Waals surface area (Å²) < 4.78 is 11.8. The van der Waals surface area contributed by atoms with E-state index in [1.54, 1.807) is 31.4 Å². The number of nitrogens with one attached hydrogen (secondary N) is 2. The number of rotatable bonds is 5. The maximum absolute atomic E-state index is 13.5. The van der Waals surface area contributed by atoms with Gasteiger partial charge in [0.25, 0.3) is 0 Å². The molecule has 0 saturated heterocycles. The zero-order chi connectivity index (χ0) is 24.4. The molecular weight excluding hydrogens is 510 g/mol. The van der Waals surface area contributed by atoms with Gasteiger partial charge in [-0.1, -0.05) is 46.3 Å². The van der Waals surface area contributed by atoms with Crippen molar-refractivity contribution in [1.82, 2.24) is 4.98 Å². The van der Waals surface area contributed by atoms with Crippen LogP contribution in [-0.2, 0) is 4.79 Å². The van der Waals surface area contributed by atoms with E-state index in [4.69, 9.17) is 14.1 Å². The number of carbonyl (C=O) groups excluding carboxylic acids is 1. The maximum Gasteiger partial charge on any atom is 0.302 e. The van der Waals surface area contributed by atoms with Crippen molar-refractivity contribution in [3.8, 4) is 5.75 Å². The largest absolute Gasteiger partial charge is 0.497 e. The molecule has 2 unspecified atom stereocenters. The first kappa shape index (κ1) is 22.8. The molecule has 1 aliphatic rings. The number of para-hydroxylation sites is 2. The molecule has 8 nitrogen and oxygen atoms in total. The fraction of sp³-hybridized carbons (Fsp3) is 0.154. The van der Waals surface area contributed by atoms with Gasteiger partial charge in [0, 0.05) is 15.9 Å². The van der Waals surface area contributed by atoms with Crippen LogP contribution in [0.1, 0.15) is 18.5 Å². The number of fused-ring (bicyclic) bond motifs is 1. The minimum Gasteiger partial charge on any atom is -0.497 e. The highest BCUT2D eigenvalue weighted by molar-refractivity contribution is 9.10. The molecule has 0 aliphatic carbocycles. The monoisotopic (exact) mass is 531 g/mol. The van der Waals surface area contributed by atoms with Crippen LogP contribution in [0.3, 0.4) is 0 Å². The second-order valence-corrected chi connectivity index (χ2v) is 8.83. The van der Waals surface area contributed by atoms with E-state index in [9.17, 15) is 4.79 Å². The second-order valence-electron chi connectivity index (χ2n) is 7.98. The van der Waals surface area contributed by atoms with E-state index in [0.717, 1.165) is 15.6 Å². The van der Waals surface area contributed by atoms with Crippen LogP contribution in [-0.4, -0.2) is 29.7 Å². The highest BCUT2D eigenvalue weighted by atomic mass is 79.9. The number of halogens is 1. The van der Waals surface area contributed by atoms with E-state index in [1.165, 1.54) is 0 Å². The predicted molar refractivity (Wildman–Crippen MR) is 140 cm³/mol. The van der Waals surface area contributed by atoms with Crippen molar-refractivity contribution in [1.29, 1.82) is 0 Å². The van der Waals surface area contributed by atoms with Crippen LogP contribution in [0.15, 0.2) is 91.7 Å². The molecule has 0 saturated carbocycles. The van der Waals surface area contributed by atoms with Gasteiger partial charge >= 0.3 is 6.01 Å². The number of nitrogens with zero attached hydrogens (tertiary/aromatic N) is 3. The Kier molecular flexibility index (Phi) is 6.33. The second kappa shape index (κ2) is 9.71. The zero-order valence-corrected chi connectivity index (χ0v) is 20.6. The topological polar surface area (TPSA) is 101 Å².